The molecule has 0 aliphatic heterocycles. The first kappa shape index (κ1) is 21.9. The van der Waals surface area contributed by atoms with Crippen molar-refractivity contribution in [3.63, 3.8) is 0 Å². The molecule has 1 heterocycles. The fourth-order valence-electron chi connectivity index (χ4n) is 2.82. The van der Waals surface area contributed by atoms with Gasteiger partial charge in [0.2, 0.25) is 0 Å². The first-order chi connectivity index (χ1) is 13.3. The van der Waals surface area contributed by atoms with Crippen LogP contribution in [0.4, 0.5) is 0 Å². The van der Waals surface area contributed by atoms with Crippen LogP contribution < -0.4 is 10.6 Å². The van der Waals surface area contributed by atoms with Crippen LogP contribution in [0, 0.1) is 0 Å². The minimum absolute atomic E-state index is 0. The number of nitrogens with one attached hydrogen (secondary N) is 2. The smallest absolute Gasteiger partial charge is 0.191 e. The highest BCUT2D eigenvalue weighted by molar-refractivity contribution is 14.0. The summed E-state index contributed by atoms with van der Waals surface area (Å²) in [5, 5.41) is 11.2. The molecule has 148 valence electrons. The van der Waals surface area contributed by atoms with E-state index in [2.05, 4.69) is 70.2 Å². The summed E-state index contributed by atoms with van der Waals surface area (Å²) >= 11 is 0. The Morgan fingerprint density at radius 3 is 2.36 bits per heavy atom. The van der Waals surface area contributed by atoms with Gasteiger partial charge in [-0.2, -0.15) is 5.10 Å². The number of rotatable bonds is 8. The highest BCUT2D eigenvalue weighted by Crippen LogP contribution is 2.07. The minimum atomic E-state index is 0. The van der Waals surface area contributed by atoms with Crippen molar-refractivity contribution in [3.8, 4) is 5.69 Å². The summed E-state index contributed by atoms with van der Waals surface area (Å²) in [5.41, 5.74) is 3.59. The molecule has 0 amide bonds. The van der Waals surface area contributed by atoms with Crippen molar-refractivity contribution in [2.45, 2.75) is 19.8 Å². The Balaban J connectivity index is 0.00000280. The van der Waals surface area contributed by atoms with Gasteiger partial charge in [0.1, 0.15) is 0 Å². The maximum absolute atomic E-state index is 4.67. The van der Waals surface area contributed by atoms with Gasteiger partial charge in [-0.05, 0) is 43.0 Å². The predicted molar refractivity (Wildman–Crippen MR) is 127 cm³/mol. The number of aromatic nitrogens is 2. The quantitative estimate of drug-likeness (QED) is 0.287. The molecule has 3 rings (SSSR count). The molecule has 0 saturated carbocycles. The minimum Gasteiger partial charge on any atom is -0.357 e. The number of guanidine groups is 1. The lowest BCUT2D eigenvalue weighted by Crippen LogP contribution is -2.38. The molecule has 3 aromatic rings. The molecule has 0 spiro atoms. The lowest BCUT2D eigenvalue weighted by atomic mass is 10.2. The first-order valence-corrected chi connectivity index (χ1v) is 9.50. The number of aliphatic imine (C=N–C) groups is 1. The lowest BCUT2D eigenvalue weighted by Gasteiger charge is -2.10. The van der Waals surface area contributed by atoms with Gasteiger partial charge < -0.3 is 10.6 Å². The number of halogens is 1. The normalized spacial score (nSPS) is 11.0. The van der Waals surface area contributed by atoms with Gasteiger partial charge in [0.05, 0.1) is 11.9 Å². The molecule has 0 bridgehead atoms. The Bertz CT molecular complexity index is 830. The average molecular weight is 489 g/mol. The molecule has 0 fully saturated rings. The molecular formula is C22H28IN5. The molecule has 6 heteroatoms. The van der Waals surface area contributed by atoms with E-state index in [0.29, 0.717) is 0 Å². The van der Waals surface area contributed by atoms with E-state index in [1.807, 2.05) is 35.1 Å². The van der Waals surface area contributed by atoms with Crippen LogP contribution >= 0.6 is 24.0 Å². The van der Waals surface area contributed by atoms with Crippen LogP contribution in [0.15, 0.2) is 78.0 Å². The summed E-state index contributed by atoms with van der Waals surface area (Å²) in [6.45, 7) is 4.52. The summed E-state index contributed by atoms with van der Waals surface area (Å²) < 4.78 is 1.91. The van der Waals surface area contributed by atoms with Gasteiger partial charge in [0.25, 0.3) is 0 Å². The zero-order valence-electron chi connectivity index (χ0n) is 16.2. The van der Waals surface area contributed by atoms with Crippen LogP contribution in [-0.2, 0) is 12.8 Å². The van der Waals surface area contributed by atoms with Crippen molar-refractivity contribution in [2.24, 2.45) is 4.99 Å². The third kappa shape index (κ3) is 6.99. The summed E-state index contributed by atoms with van der Waals surface area (Å²) in [5.74, 6) is 0.865. The van der Waals surface area contributed by atoms with E-state index in [9.17, 15) is 0 Å². The van der Waals surface area contributed by atoms with Crippen molar-refractivity contribution >= 4 is 29.9 Å². The van der Waals surface area contributed by atoms with Crippen molar-refractivity contribution in [3.05, 3.63) is 84.2 Å². The number of benzene rings is 2. The molecule has 0 radical (unpaired) electrons. The summed E-state index contributed by atoms with van der Waals surface area (Å²) in [6, 6.07) is 20.6. The van der Waals surface area contributed by atoms with Crippen LogP contribution in [0.5, 0.6) is 0 Å². The summed E-state index contributed by atoms with van der Waals surface area (Å²) in [6.07, 6.45) is 5.85. The van der Waals surface area contributed by atoms with Gasteiger partial charge in [-0.3, -0.25) is 4.99 Å². The second kappa shape index (κ2) is 12.2. The molecule has 0 aliphatic carbocycles. The van der Waals surface area contributed by atoms with Crippen LogP contribution in [-0.4, -0.2) is 35.4 Å². The van der Waals surface area contributed by atoms with E-state index >= 15 is 0 Å². The molecule has 0 aliphatic rings. The Morgan fingerprint density at radius 1 is 0.929 bits per heavy atom. The van der Waals surface area contributed by atoms with E-state index in [-0.39, 0.29) is 24.0 Å². The Hall–Kier alpha value is -2.35. The van der Waals surface area contributed by atoms with Crippen molar-refractivity contribution in [1.29, 1.82) is 0 Å². The van der Waals surface area contributed by atoms with Gasteiger partial charge in [0.15, 0.2) is 5.96 Å². The molecule has 1 aromatic heterocycles. The van der Waals surface area contributed by atoms with Crippen LogP contribution in [0.25, 0.3) is 5.69 Å². The van der Waals surface area contributed by atoms with Crippen LogP contribution in [0.2, 0.25) is 0 Å². The molecule has 5 nitrogen and oxygen atoms in total. The maximum atomic E-state index is 4.67. The highest BCUT2D eigenvalue weighted by Gasteiger charge is 2.02. The third-order valence-electron chi connectivity index (χ3n) is 4.22. The van der Waals surface area contributed by atoms with E-state index in [0.717, 1.165) is 44.1 Å². The fraction of sp³-hybridized carbons (Fsp3) is 0.273. The molecule has 0 unspecified atom stereocenters. The zero-order valence-corrected chi connectivity index (χ0v) is 18.5. The van der Waals surface area contributed by atoms with Gasteiger partial charge in [-0.15, -0.1) is 24.0 Å². The molecule has 2 N–H and O–H groups in total. The van der Waals surface area contributed by atoms with Crippen molar-refractivity contribution in [2.75, 3.05) is 19.6 Å². The SMILES string of the molecule is CCNC(=NCCc1ccccc1)NCCc1cnn(-c2ccccc2)c1.I. The van der Waals surface area contributed by atoms with E-state index in [4.69, 9.17) is 0 Å². The number of nitrogens with zero attached hydrogens (tertiary/aromatic N) is 3. The highest BCUT2D eigenvalue weighted by atomic mass is 127. The van der Waals surface area contributed by atoms with E-state index in [1.54, 1.807) is 0 Å². The van der Waals surface area contributed by atoms with E-state index in [1.165, 1.54) is 11.1 Å². The predicted octanol–water partition coefficient (Wildman–Crippen LogP) is 3.83. The number of hydrogen-bond donors (Lipinski definition) is 2. The van der Waals surface area contributed by atoms with Gasteiger partial charge in [-0.25, -0.2) is 4.68 Å². The molecule has 0 saturated heterocycles. The largest absolute Gasteiger partial charge is 0.357 e. The molecule has 2 aromatic carbocycles. The standard InChI is InChI=1S/C22H27N5.HI/c1-2-23-22(24-15-13-19-9-5-3-6-10-19)25-16-14-20-17-26-27(18-20)21-11-7-4-8-12-21;/h3-12,17-18H,2,13-16H2,1H3,(H2,23,24,25);1H. The topological polar surface area (TPSA) is 54.2 Å². The second-order valence-electron chi connectivity index (χ2n) is 6.30. The molecule has 0 atom stereocenters. The first-order valence-electron chi connectivity index (χ1n) is 9.50. The Morgan fingerprint density at radius 2 is 1.64 bits per heavy atom. The average Bonchev–Trinajstić information content (AvgIpc) is 3.18. The van der Waals surface area contributed by atoms with Gasteiger partial charge in [-0.1, -0.05) is 48.5 Å². The monoisotopic (exact) mass is 489 g/mol. The van der Waals surface area contributed by atoms with Crippen LogP contribution in [0.3, 0.4) is 0 Å². The summed E-state index contributed by atoms with van der Waals surface area (Å²) in [7, 11) is 0. The fourth-order valence-corrected chi connectivity index (χ4v) is 2.82. The van der Waals surface area contributed by atoms with Gasteiger partial charge >= 0.3 is 0 Å². The van der Waals surface area contributed by atoms with Crippen molar-refractivity contribution in [1.82, 2.24) is 20.4 Å². The van der Waals surface area contributed by atoms with Gasteiger partial charge in [0, 0.05) is 25.8 Å². The van der Waals surface area contributed by atoms with Crippen LogP contribution in [0.1, 0.15) is 18.1 Å². The summed E-state index contributed by atoms with van der Waals surface area (Å²) in [4.78, 5) is 4.67. The van der Waals surface area contributed by atoms with Crippen molar-refractivity contribution < 1.29 is 0 Å². The second-order valence-corrected chi connectivity index (χ2v) is 6.30. The Kier molecular flexibility index (Phi) is 9.54. The maximum Gasteiger partial charge on any atom is 0.191 e. The third-order valence-corrected chi connectivity index (χ3v) is 4.22. The zero-order chi connectivity index (χ0) is 18.7. The molecular weight excluding hydrogens is 461 g/mol. The van der Waals surface area contributed by atoms with E-state index < -0.39 is 0 Å². The lowest BCUT2D eigenvalue weighted by molar-refractivity contribution is 0.796. The number of para-hydroxylation sites is 1. The molecule has 28 heavy (non-hydrogen) atoms. The number of hydrogen-bond acceptors (Lipinski definition) is 2. The Labute approximate surface area is 184 Å².